The summed E-state index contributed by atoms with van der Waals surface area (Å²) in [6.45, 7) is 1.41. The van der Waals surface area contributed by atoms with E-state index >= 15 is 0 Å². The van der Waals surface area contributed by atoms with Crippen molar-refractivity contribution in [1.29, 1.82) is 0 Å². The van der Waals surface area contributed by atoms with Crippen LogP contribution < -0.4 is 0 Å². The third-order valence-electron chi connectivity index (χ3n) is 1.49. The first-order valence-electron chi connectivity index (χ1n) is 3.51. The molecule has 0 bridgehead atoms. The molecule has 0 fully saturated rings. The number of hydrogen-bond acceptors (Lipinski definition) is 1. The van der Waals surface area contributed by atoms with Crippen LogP contribution in [0.5, 0.6) is 0 Å². The summed E-state index contributed by atoms with van der Waals surface area (Å²) in [7, 11) is 0. The normalized spacial score (nSPS) is 11.9. The molecule has 0 unspecified atom stereocenters. The summed E-state index contributed by atoms with van der Waals surface area (Å²) < 4.78 is 48.7. The van der Waals surface area contributed by atoms with Crippen LogP contribution in [0.15, 0.2) is 17.0 Å². The van der Waals surface area contributed by atoms with Gasteiger partial charge in [-0.2, -0.15) is 13.2 Å². The minimum Gasteiger partial charge on any atom is -0.207 e. The molecule has 1 aromatic carbocycles. The fourth-order valence-electron chi connectivity index (χ4n) is 0.853. The predicted molar refractivity (Wildman–Crippen MR) is 48.1 cm³/mol. The van der Waals surface area contributed by atoms with Crippen LogP contribution >= 0.6 is 23.4 Å². The van der Waals surface area contributed by atoms with E-state index in [1.807, 2.05) is 0 Å². The molecular weight excluding hydrogens is 240 g/mol. The SMILES string of the molecule is Cc1c(Cl)cc(F)cc1SC(F)(F)F. The standard InChI is InChI=1S/C8H5ClF4S/c1-4-6(9)2-5(10)3-7(4)14-8(11,12)13/h2-3H,1H3. The average molecular weight is 245 g/mol. The van der Waals surface area contributed by atoms with Gasteiger partial charge in [0.25, 0.3) is 0 Å². The lowest BCUT2D eigenvalue weighted by atomic mass is 10.2. The highest BCUT2D eigenvalue weighted by Gasteiger charge is 2.30. The van der Waals surface area contributed by atoms with Crippen molar-refractivity contribution in [3.8, 4) is 0 Å². The summed E-state index contributed by atoms with van der Waals surface area (Å²) in [6.07, 6.45) is 0. The Hall–Kier alpha value is -0.420. The lowest BCUT2D eigenvalue weighted by molar-refractivity contribution is -0.0328. The Labute approximate surface area is 87.2 Å². The van der Waals surface area contributed by atoms with Crippen LogP contribution in [0.4, 0.5) is 17.6 Å². The van der Waals surface area contributed by atoms with Crippen molar-refractivity contribution >= 4 is 23.4 Å². The Morgan fingerprint density at radius 3 is 2.36 bits per heavy atom. The zero-order valence-corrected chi connectivity index (χ0v) is 8.53. The van der Waals surface area contributed by atoms with E-state index in [4.69, 9.17) is 11.6 Å². The van der Waals surface area contributed by atoms with Crippen LogP contribution in [0.3, 0.4) is 0 Å². The Morgan fingerprint density at radius 2 is 1.86 bits per heavy atom. The Balaban J connectivity index is 3.09. The van der Waals surface area contributed by atoms with Crippen LogP contribution in [-0.4, -0.2) is 5.51 Å². The number of hydrogen-bond donors (Lipinski definition) is 0. The van der Waals surface area contributed by atoms with Crippen LogP contribution in [-0.2, 0) is 0 Å². The van der Waals surface area contributed by atoms with Gasteiger partial charge in [0.15, 0.2) is 0 Å². The lowest BCUT2D eigenvalue weighted by Crippen LogP contribution is -2.00. The first kappa shape index (κ1) is 11.7. The van der Waals surface area contributed by atoms with Crippen molar-refractivity contribution in [2.75, 3.05) is 0 Å². The van der Waals surface area contributed by atoms with Crippen LogP contribution in [0.25, 0.3) is 0 Å². The summed E-state index contributed by atoms with van der Waals surface area (Å²) in [5.41, 5.74) is -4.20. The molecule has 0 aromatic heterocycles. The van der Waals surface area contributed by atoms with E-state index < -0.39 is 11.3 Å². The van der Waals surface area contributed by atoms with Gasteiger partial charge >= 0.3 is 5.51 Å². The van der Waals surface area contributed by atoms with Gasteiger partial charge in [-0.15, -0.1) is 0 Å². The highest BCUT2D eigenvalue weighted by Crippen LogP contribution is 2.40. The van der Waals surface area contributed by atoms with Gasteiger partial charge in [0, 0.05) is 9.92 Å². The van der Waals surface area contributed by atoms with E-state index in [1.54, 1.807) is 0 Å². The van der Waals surface area contributed by atoms with E-state index in [-0.39, 0.29) is 27.2 Å². The molecule has 0 aliphatic heterocycles. The van der Waals surface area contributed by atoms with Crippen LogP contribution in [0.1, 0.15) is 5.56 Å². The number of thioether (sulfide) groups is 1. The average Bonchev–Trinajstić information content (AvgIpc) is 1.96. The smallest absolute Gasteiger partial charge is 0.207 e. The topological polar surface area (TPSA) is 0 Å². The molecule has 1 aromatic rings. The molecule has 78 valence electrons. The van der Waals surface area contributed by atoms with Gasteiger partial charge in [-0.25, -0.2) is 4.39 Å². The minimum absolute atomic E-state index is 0.00301. The molecule has 0 aliphatic rings. The fourth-order valence-corrected chi connectivity index (χ4v) is 1.80. The van der Waals surface area contributed by atoms with Crippen molar-refractivity contribution in [2.24, 2.45) is 0 Å². The summed E-state index contributed by atoms with van der Waals surface area (Å²) in [6, 6.07) is 1.80. The zero-order valence-electron chi connectivity index (χ0n) is 6.95. The van der Waals surface area contributed by atoms with Crippen molar-refractivity contribution in [1.82, 2.24) is 0 Å². The number of rotatable bonds is 1. The number of benzene rings is 1. The molecule has 0 amide bonds. The summed E-state index contributed by atoms with van der Waals surface area (Å²) in [5.74, 6) is -0.771. The fraction of sp³-hybridized carbons (Fsp3) is 0.250. The minimum atomic E-state index is -4.43. The van der Waals surface area contributed by atoms with Gasteiger partial charge in [0.05, 0.1) is 0 Å². The molecule has 0 saturated carbocycles. The molecule has 0 heterocycles. The molecule has 0 spiro atoms. The number of alkyl halides is 3. The molecule has 0 saturated heterocycles. The van der Waals surface area contributed by atoms with E-state index in [9.17, 15) is 17.6 Å². The maximum Gasteiger partial charge on any atom is 0.446 e. The summed E-state index contributed by atoms with van der Waals surface area (Å²) >= 11 is 5.16. The van der Waals surface area contributed by atoms with Crippen molar-refractivity contribution in [3.05, 3.63) is 28.5 Å². The van der Waals surface area contributed by atoms with E-state index in [0.29, 0.717) is 0 Å². The van der Waals surface area contributed by atoms with Gasteiger partial charge in [0.2, 0.25) is 0 Å². The molecule has 0 aliphatic carbocycles. The lowest BCUT2D eigenvalue weighted by Gasteiger charge is -2.09. The third kappa shape index (κ3) is 3.06. The van der Waals surface area contributed by atoms with E-state index in [2.05, 4.69) is 0 Å². The van der Waals surface area contributed by atoms with Crippen LogP contribution in [0, 0.1) is 12.7 Å². The van der Waals surface area contributed by atoms with E-state index in [1.165, 1.54) is 6.92 Å². The van der Waals surface area contributed by atoms with Gasteiger partial charge in [-0.05, 0) is 36.4 Å². The van der Waals surface area contributed by atoms with E-state index in [0.717, 1.165) is 12.1 Å². The Bertz CT molecular complexity index is 348. The van der Waals surface area contributed by atoms with Gasteiger partial charge < -0.3 is 0 Å². The maximum absolute atomic E-state index is 12.7. The van der Waals surface area contributed by atoms with Crippen molar-refractivity contribution < 1.29 is 17.6 Å². The molecule has 6 heteroatoms. The third-order valence-corrected chi connectivity index (χ3v) is 2.76. The van der Waals surface area contributed by atoms with Crippen molar-refractivity contribution in [2.45, 2.75) is 17.3 Å². The predicted octanol–water partition coefficient (Wildman–Crippen LogP) is 4.40. The number of halogens is 5. The molecule has 14 heavy (non-hydrogen) atoms. The van der Waals surface area contributed by atoms with Gasteiger partial charge in [-0.3, -0.25) is 0 Å². The zero-order chi connectivity index (χ0) is 10.9. The highest BCUT2D eigenvalue weighted by molar-refractivity contribution is 8.00. The summed E-state index contributed by atoms with van der Waals surface area (Å²) in [5, 5.41) is -0.00301. The summed E-state index contributed by atoms with van der Waals surface area (Å²) in [4.78, 5) is -0.206. The Kier molecular flexibility index (Phi) is 3.32. The quantitative estimate of drug-likeness (QED) is 0.521. The first-order chi connectivity index (χ1) is 6.29. The van der Waals surface area contributed by atoms with Crippen LogP contribution in [0.2, 0.25) is 5.02 Å². The first-order valence-corrected chi connectivity index (χ1v) is 4.70. The Morgan fingerprint density at radius 1 is 1.29 bits per heavy atom. The second kappa shape index (κ2) is 3.98. The second-order valence-electron chi connectivity index (χ2n) is 2.56. The van der Waals surface area contributed by atoms with Gasteiger partial charge in [0.1, 0.15) is 5.82 Å². The molecular formula is C8H5ClF4S. The molecule has 0 radical (unpaired) electrons. The van der Waals surface area contributed by atoms with Crippen molar-refractivity contribution in [3.63, 3.8) is 0 Å². The molecule has 0 nitrogen and oxygen atoms in total. The second-order valence-corrected chi connectivity index (χ2v) is 4.07. The van der Waals surface area contributed by atoms with Gasteiger partial charge in [-0.1, -0.05) is 11.6 Å². The molecule has 0 N–H and O–H groups in total. The monoisotopic (exact) mass is 244 g/mol. The largest absolute Gasteiger partial charge is 0.446 e. The molecule has 0 atom stereocenters. The molecule has 1 rings (SSSR count). The highest BCUT2D eigenvalue weighted by atomic mass is 35.5. The maximum atomic E-state index is 12.7.